The first-order chi connectivity index (χ1) is 10.2. The number of methoxy groups -OCH3 is 3. The summed E-state index contributed by atoms with van der Waals surface area (Å²) in [6.07, 6.45) is 3.29. The highest BCUT2D eigenvalue weighted by atomic mass is 32.1. The Morgan fingerprint density at radius 1 is 1.24 bits per heavy atom. The van der Waals surface area contributed by atoms with Crippen LogP contribution in [0.4, 0.5) is 0 Å². The number of hydrazone groups is 1. The molecule has 1 rings (SSSR count). The molecule has 0 aliphatic heterocycles. The second-order valence-electron chi connectivity index (χ2n) is 3.79. The van der Waals surface area contributed by atoms with E-state index in [0.717, 1.165) is 5.56 Å². The number of ether oxygens (including phenoxy) is 3. The van der Waals surface area contributed by atoms with E-state index in [-0.39, 0.29) is 0 Å². The van der Waals surface area contributed by atoms with Gasteiger partial charge < -0.3 is 19.5 Å². The Bertz CT molecular complexity index is 532. The first kappa shape index (κ1) is 16.8. The van der Waals surface area contributed by atoms with E-state index in [1.807, 2.05) is 6.07 Å². The second-order valence-corrected chi connectivity index (χ2v) is 4.20. The van der Waals surface area contributed by atoms with Crippen molar-refractivity contribution in [1.82, 2.24) is 10.7 Å². The minimum atomic E-state index is 0.408. The SMILES string of the molecule is C=CCNC(=S)N/N=C\c1ccc(OC)c(OC)c1OC. The molecule has 0 bridgehead atoms. The maximum Gasteiger partial charge on any atom is 0.203 e. The van der Waals surface area contributed by atoms with Crippen molar-refractivity contribution >= 4 is 23.5 Å². The Morgan fingerprint density at radius 3 is 2.52 bits per heavy atom. The molecule has 0 amide bonds. The molecule has 0 spiro atoms. The van der Waals surface area contributed by atoms with Gasteiger partial charge in [0.1, 0.15) is 0 Å². The van der Waals surface area contributed by atoms with Crippen LogP contribution in [0.2, 0.25) is 0 Å². The molecule has 0 aromatic heterocycles. The van der Waals surface area contributed by atoms with Gasteiger partial charge in [0.15, 0.2) is 16.6 Å². The number of rotatable bonds is 7. The van der Waals surface area contributed by atoms with Crippen molar-refractivity contribution in [2.75, 3.05) is 27.9 Å². The van der Waals surface area contributed by atoms with E-state index >= 15 is 0 Å². The van der Waals surface area contributed by atoms with Crippen molar-refractivity contribution in [3.63, 3.8) is 0 Å². The van der Waals surface area contributed by atoms with E-state index in [2.05, 4.69) is 22.4 Å². The molecule has 6 nitrogen and oxygen atoms in total. The van der Waals surface area contributed by atoms with E-state index in [4.69, 9.17) is 26.4 Å². The third-order valence-electron chi connectivity index (χ3n) is 2.51. The van der Waals surface area contributed by atoms with E-state index in [1.54, 1.807) is 39.7 Å². The highest BCUT2D eigenvalue weighted by molar-refractivity contribution is 7.80. The third kappa shape index (κ3) is 4.64. The number of nitrogens with zero attached hydrogens (tertiary/aromatic N) is 1. The maximum absolute atomic E-state index is 5.35. The highest BCUT2D eigenvalue weighted by Crippen LogP contribution is 2.38. The number of benzene rings is 1. The summed E-state index contributed by atoms with van der Waals surface area (Å²) in [4.78, 5) is 0. The summed E-state index contributed by atoms with van der Waals surface area (Å²) >= 11 is 5.02. The van der Waals surface area contributed by atoms with Crippen molar-refractivity contribution in [2.24, 2.45) is 5.10 Å². The normalized spacial score (nSPS) is 10.0. The molecule has 0 heterocycles. The Balaban J connectivity index is 2.88. The van der Waals surface area contributed by atoms with Crippen LogP contribution in [0, 0.1) is 0 Å². The number of hydrogen-bond donors (Lipinski definition) is 2. The number of thiocarbonyl (C=S) groups is 1. The van der Waals surface area contributed by atoms with Gasteiger partial charge in [0, 0.05) is 12.1 Å². The van der Waals surface area contributed by atoms with Gasteiger partial charge in [-0.3, -0.25) is 5.43 Å². The van der Waals surface area contributed by atoms with Gasteiger partial charge in [-0.15, -0.1) is 6.58 Å². The summed E-state index contributed by atoms with van der Waals surface area (Å²) < 4.78 is 15.9. The van der Waals surface area contributed by atoms with Crippen molar-refractivity contribution < 1.29 is 14.2 Å². The number of hydrogen-bond acceptors (Lipinski definition) is 5. The van der Waals surface area contributed by atoms with E-state index in [1.165, 1.54) is 0 Å². The Kier molecular flexibility index (Phi) is 7.03. The molecule has 0 saturated heterocycles. The van der Waals surface area contributed by atoms with Crippen LogP contribution in [0.25, 0.3) is 0 Å². The summed E-state index contributed by atoms with van der Waals surface area (Å²) in [5.41, 5.74) is 3.43. The lowest BCUT2D eigenvalue weighted by molar-refractivity contribution is 0.324. The van der Waals surface area contributed by atoms with Crippen LogP contribution in [-0.4, -0.2) is 39.2 Å². The van der Waals surface area contributed by atoms with Crippen LogP contribution in [0.3, 0.4) is 0 Å². The van der Waals surface area contributed by atoms with Crippen molar-refractivity contribution in [2.45, 2.75) is 0 Å². The zero-order chi connectivity index (χ0) is 15.7. The molecule has 0 aliphatic rings. The maximum atomic E-state index is 5.35. The molecule has 0 fully saturated rings. The number of nitrogens with one attached hydrogen (secondary N) is 2. The minimum Gasteiger partial charge on any atom is -0.493 e. The fourth-order valence-corrected chi connectivity index (χ4v) is 1.73. The summed E-state index contributed by atoms with van der Waals surface area (Å²) in [5.74, 6) is 1.63. The fraction of sp³-hybridized carbons (Fsp3) is 0.286. The quantitative estimate of drug-likeness (QED) is 0.346. The van der Waals surface area contributed by atoms with Gasteiger partial charge in [-0.05, 0) is 24.4 Å². The molecule has 0 saturated carbocycles. The van der Waals surface area contributed by atoms with E-state index < -0.39 is 0 Å². The molecule has 21 heavy (non-hydrogen) atoms. The van der Waals surface area contributed by atoms with E-state index in [0.29, 0.717) is 28.9 Å². The topological polar surface area (TPSA) is 64.1 Å². The second kappa shape index (κ2) is 8.80. The summed E-state index contributed by atoms with van der Waals surface area (Å²) in [6.45, 7) is 4.16. The molecule has 1 aromatic rings. The molecular formula is C14H19N3O3S. The van der Waals surface area contributed by atoms with Crippen LogP contribution in [0.1, 0.15) is 5.56 Å². The summed E-state index contributed by atoms with van der Waals surface area (Å²) in [6, 6.07) is 3.59. The highest BCUT2D eigenvalue weighted by Gasteiger charge is 2.14. The third-order valence-corrected chi connectivity index (χ3v) is 2.75. The van der Waals surface area contributed by atoms with Crippen molar-refractivity contribution in [3.05, 3.63) is 30.4 Å². The standard InChI is InChI=1S/C14H19N3O3S/c1-5-8-15-14(21)17-16-9-10-6-7-11(18-2)13(20-4)12(10)19-3/h5-7,9H,1,8H2,2-4H3,(H2,15,17,21)/b16-9-. The van der Waals surface area contributed by atoms with Crippen LogP contribution < -0.4 is 25.0 Å². The molecule has 1 aromatic carbocycles. The fourth-order valence-electron chi connectivity index (χ4n) is 1.59. The van der Waals surface area contributed by atoms with Gasteiger partial charge in [-0.25, -0.2) is 0 Å². The lowest BCUT2D eigenvalue weighted by atomic mass is 10.2. The average Bonchev–Trinajstić information content (AvgIpc) is 2.51. The zero-order valence-corrected chi connectivity index (χ0v) is 13.1. The molecule has 0 atom stereocenters. The molecular weight excluding hydrogens is 290 g/mol. The zero-order valence-electron chi connectivity index (χ0n) is 12.3. The largest absolute Gasteiger partial charge is 0.493 e. The van der Waals surface area contributed by atoms with Gasteiger partial charge >= 0.3 is 0 Å². The average molecular weight is 309 g/mol. The predicted molar refractivity (Wildman–Crippen MR) is 87.6 cm³/mol. The van der Waals surface area contributed by atoms with Crippen molar-refractivity contribution in [3.8, 4) is 17.2 Å². The Morgan fingerprint density at radius 2 is 1.95 bits per heavy atom. The van der Waals surface area contributed by atoms with Gasteiger partial charge in [0.05, 0.1) is 27.5 Å². The van der Waals surface area contributed by atoms with E-state index in [9.17, 15) is 0 Å². The van der Waals surface area contributed by atoms with Crippen LogP contribution in [0.5, 0.6) is 17.2 Å². The lowest BCUT2D eigenvalue weighted by Crippen LogP contribution is -2.31. The molecule has 0 unspecified atom stereocenters. The van der Waals surface area contributed by atoms with Gasteiger partial charge in [-0.2, -0.15) is 5.10 Å². The predicted octanol–water partition coefficient (Wildman–Crippen LogP) is 1.70. The first-order valence-corrected chi connectivity index (χ1v) is 6.55. The molecule has 0 radical (unpaired) electrons. The van der Waals surface area contributed by atoms with Gasteiger partial charge in [0.2, 0.25) is 5.75 Å². The van der Waals surface area contributed by atoms with Gasteiger partial charge in [-0.1, -0.05) is 6.08 Å². The molecule has 0 aliphatic carbocycles. The molecule has 7 heteroatoms. The smallest absolute Gasteiger partial charge is 0.203 e. The lowest BCUT2D eigenvalue weighted by Gasteiger charge is -2.13. The van der Waals surface area contributed by atoms with Crippen LogP contribution in [-0.2, 0) is 0 Å². The minimum absolute atomic E-state index is 0.408. The summed E-state index contributed by atoms with van der Waals surface area (Å²) in [5, 5.41) is 7.35. The van der Waals surface area contributed by atoms with Crippen molar-refractivity contribution in [1.29, 1.82) is 0 Å². The van der Waals surface area contributed by atoms with Crippen LogP contribution in [0.15, 0.2) is 29.9 Å². The Labute approximate surface area is 129 Å². The Hall–Kier alpha value is -2.28. The molecule has 2 N–H and O–H groups in total. The summed E-state index contributed by atoms with van der Waals surface area (Å²) in [7, 11) is 4.67. The van der Waals surface area contributed by atoms with Crippen LogP contribution >= 0.6 is 12.2 Å². The molecule has 114 valence electrons. The first-order valence-electron chi connectivity index (χ1n) is 6.14. The monoisotopic (exact) mass is 309 g/mol. The van der Waals surface area contributed by atoms with Gasteiger partial charge in [0.25, 0.3) is 0 Å².